The van der Waals surface area contributed by atoms with Crippen LogP contribution in [0, 0.1) is 28.9 Å². The van der Waals surface area contributed by atoms with Crippen LogP contribution in [0.25, 0.3) is 6.08 Å². The zero-order valence-electron chi connectivity index (χ0n) is 20.6. The van der Waals surface area contributed by atoms with Gasteiger partial charge in [0, 0.05) is 23.4 Å². The molecule has 3 heterocycles. The van der Waals surface area contributed by atoms with E-state index in [1.807, 2.05) is 41.3 Å². The normalized spacial score (nSPS) is 23.2. The minimum Gasteiger partial charge on any atom is -0.497 e. The highest BCUT2D eigenvalue weighted by atomic mass is 16.6. The molecule has 4 atom stereocenters. The Balaban J connectivity index is 1.49. The minimum atomic E-state index is -0.962. The molecule has 3 aliphatic heterocycles. The van der Waals surface area contributed by atoms with Gasteiger partial charge in [-0.05, 0) is 48.4 Å². The molecular formula is C29H23N3O6. The molecule has 190 valence electrons. The number of nitro groups is 1. The summed E-state index contributed by atoms with van der Waals surface area (Å²) in [7, 11) is 1.54. The van der Waals surface area contributed by atoms with Crippen LogP contribution in [0.1, 0.15) is 21.5 Å². The van der Waals surface area contributed by atoms with Gasteiger partial charge in [0.1, 0.15) is 11.8 Å². The Bertz CT molecular complexity index is 1550. The van der Waals surface area contributed by atoms with Gasteiger partial charge in [0.15, 0.2) is 5.78 Å². The van der Waals surface area contributed by atoms with Crippen molar-refractivity contribution in [3.63, 3.8) is 0 Å². The van der Waals surface area contributed by atoms with Gasteiger partial charge >= 0.3 is 0 Å². The van der Waals surface area contributed by atoms with E-state index in [0.717, 1.165) is 16.2 Å². The third-order valence-corrected chi connectivity index (χ3v) is 7.70. The first-order valence-corrected chi connectivity index (χ1v) is 12.2. The Morgan fingerprint density at radius 2 is 1.66 bits per heavy atom. The number of non-ortho nitro benzene ring substituents is 1. The third-order valence-electron chi connectivity index (χ3n) is 7.70. The van der Waals surface area contributed by atoms with E-state index >= 15 is 0 Å². The van der Waals surface area contributed by atoms with Crippen LogP contribution >= 0.6 is 0 Å². The molecule has 2 fully saturated rings. The number of fused-ring (bicyclic) bond motifs is 5. The lowest BCUT2D eigenvalue weighted by Gasteiger charge is -2.36. The van der Waals surface area contributed by atoms with E-state index in [4.69, 9.17) is 4.74 Å². The Morgan fingerprint density at radius 3 is 2.37 bits per heavy atom. The molecule has 9 nitrogen and oxygen atoms in total. The van der Waals surface area contributed by atoms with Gasteiger partial charge in [0.05, 0.1) is 35.6 Å². The number of amides is 2. The fourth-order valence-corrected chi connectivity index (χ4v) is 5.93. The molecule has 3 aromatic carbocycles. The lowest BCUT2D eigenvalue weighted by molar-refractivity contribution is -0.384. The van der Waals surface area contributed by atoms with E-state index in [1.165, 1.54) is 25.3 Å². The average molecular weight is 510 g/mol. The third kappa shape index (κ3) is 3.35. The number of ketones is 1. The molecule has 9 heteroatoms. The summed E-state index contributed by atoms with van der Waals surface area (Å²) < 4.78 is 5.22. The molecule has 3 aromatic rings. The molecular weight excluding hydrogens is 486 g/mol. The van der Waals surface area contributed by atoms with Crippen LogP contribution in [0.15, 0.2) is 72.8 Å². The number of para-hydroxylation sites is 1. The topological polar surface area (TPSA) is 110 Å². The highest BCUT2D eigenvalue weighted by molar-refractivity contribution is 6.26. The number of methoxy groups -OCH3 is 1. The molecule has 6 rings (SSSR count). The van der Waals surface area contributed by atoms with E-state index in [-0.39, 0.29) is 17.2 Å². The standard InChI is InChI=1S/C29H23N3O6/c1-16-7-11-19(32(36)37)15-23(16)31-28(34)24-22-14-10-17-5-3-4-6-21(17)30(22)26(25(24)29(31)35)27(33)18-8-12-20(38-2)13-9-18/h3-15,22,24-26H,1-2H3/t22-,24+,25-,26+/m1/s1. The second-order valence-corrected chi connectivity index (χ2v) is 9.64. The van der Waals surface area contributed by atoms with Crippen molar-refractivity contribution in [2.75, 3.05) is 16.9 Å². The number of nitro benzene ring substituents is 1. The number of nitrogens with zero attached hydrogens (tertiary/aromatic N) is 3. The fraction of sp³-hybridized carbons (Fsp3) is 0.207. The SMILES string of the molecule is COc1ccc(C(=O)[C@@H]2[C@@H]3C(=O)N(c4cc([N+](=O)[O-])ccc4C)C(=O)[C@H]3[C@H]3C=Cc4ccccc4N32)cc1. The number of carbonyl (C=O) groups is 3. The van der Waals surface area contributed by atoms with E-state index in [1.54, 1.807) is 31.2 Å². The highest BCUT2D eigenvalue weighted by Gasteiger charge is 2.64. The van der Waals surface area contributed by atoms with Crippen LogP contribution < -0.4 is 14.5 Å². The van der Waals surface area contributed by atoms with Crippen LogP contribution in [0.3, 0.4) is 0 Å². The zero-order valence-corrected chi connectivity index (χ0v) is 20.6. The van der Waals surface area contributed by atoms with Crippen molar-refractivity contribution in [1.82, 2.24) is 0 Å². The Hall–Kier alpha value is -4.79. The van der Waals surface area contributed by atoms with Crippen molar-refractivity contribution in [3.8, 4) is 5.75 Å². The van der Waals surface area contributed by atoms with Gasteiger partial charge in [-0.25, -0.2) is 4.90 Å². The first-order chi connectivity index (χ1) is 18.3. The molecule has 0 spiro atoms. The number of ether oxygens (including phenoxy) is 1. The minimum absolute atomic E-state index is 0.172. The maximum atomic E-state index is 14.1. The molecule has 0 N–H and O–H groups in total. The molecule has 0 aliphatic carbocycles. The number of aryl methyl sites for hydroxylation is 1. The molecule has 2 saturated heterocycles. The van der Waals surface area contributed by atoms with Crippen molar-refractivity contribution in [1.29, 1.82) is 0 Å². The van der Waals surface area contributed by atoms with Crippen LogP contribution in [-0.4, -0.2) is 41.7 Å². The van der Waals surface area contributed by atoms with Crippen molar-refractivity contribution in [2.45, 2.75) is 19.0 Å². The molecule has 0 bridgehead atoms. The second-order valence-electron chi connectivity index (χ2n) is 9.64. The predicted molar refractivity (Wildman–Crippen MR) is 140 cm³/mol. The van der Waals surface area contributed by atoms with Gasteiger partial charge in [0.25, 0.3) is 5.69 Å². The van der Waals surface area contributed by atoms with Gasteiger partial charge in [-0.1, -0.05) is 36.4 Å². The number of anilines is 2. The van der Waals surface area contributed by atoms with Gasteiger partial charge in [-0.2, -0.15) is 0 Å². The van der Waals surface area contributed by atoms with Crippen molar-refractivity contribution < 1.29 is 24.0 Å². The average Bonchev–Trinajstić information content (AvgIpc) is 3.41. The number of imide groups is 1. The van der Waals surface area contributed by atoms with Crippen LogP contribution in [-0.2, 0) is 9.59 Å². The summed E-state index contributed by atoms with van der Waals surface area (Å²) in [4.78, 5) is 55.9. The largest absolute Gasteiger partial charge is 0.497 e. The number of benzene rings is 3. The van der Waals surface area contributed by atoms with Crippen molar-refractivity contribution in [3.05, 3.63) is 99.6 Å². The number of Topliss-reactive ketones (excluding diaryl/α,β-unsaturated/α-hetero) is 1. The number of carbonyl (C=O) groups excluding carboxylic acids is 3. The monoisotopic (exact) mass is 509 g/mol. The van der Waals surface area contributed by atoms with Gasteiger partial charge < -0.3 is 9.64 Å². The zero-order chi connectivity index (χ0) is 26.7. The number of rotatable bonds is 5. The molecule has 38 heavy (non-hydrogen) atoms. The fourth-order valence-electron chi connectivity index (χ4n) is 5.93. The summed E-state index contributed by atoms with van der Waals surface area (Å²) in [5.74, 6) is -2.47. The molecule has 0 unspecified atom stereocenters. The highest BCUT2D eigenvalue weighted by Crippen LogP contribution is 2.50. The quantitative estimate of drug-likeness (QED) is 0.220. The van der Waals surface area contributed by atoms with Crippen LogP contribution in [0.2, 0.25) is 0 Å². The summed E-state index contributed by atoms with van der Waals surface area (Å²) in [5, 5.41) is 11.4. The second kappa shape index (κ2) is 8.65. The Morgan fingerprint density at radius 1 is 0.947 bits per heavy atom. The molecule has 0 radical (unpaired) electrons. The van der Waals surface area contributed by atoms with E-state index < -0.39 is 40.7 Å². The van der Waals surface area contributed by atoms with E-state index in [2.05, 4.69) is 0 Å². The van der Waals surface area contributed by atoms with Gasteiger partial charge in [-0.3, -0.25) is 24.5 Å². The molecule has 0 saturated carbocycles. The summed E-state index contributed by atoms with van der Waals surface area (Å²) in [6.45, 7) is 1.69. The van der Waals surface area contributed by atoms with Crippen molar-refractivity contribution >= 4 is 40.7 Å². The Kier molecular flexibility index (Phi) is 5.37. The number of hydrogen-bond acceptors (Lipinski definition) is 7. The summed E-state index contributed by atoms with van der Waals surface area (Å²) in [5.41, 5.74) is 2.57. The maximum absolute atomic E-state index is 14.1. The van der Waals surface area contributed by atoms with Crippen LogP contribution in [0.4, 0.5) is 17.1 Å². The van der Waals surface area contributed by atoms with Gasteiger partial charge in [0.2, 0.25) is 11.8 Å². The Labute approximate surface area is 218 Å². The smallest absolute Gasteiger partial charge is 0.271 e. The van der Waals surface area contributed by atoms with Crippen LogP contribution in [0.5, 0.6) is 5.75 Å². The van der Waals surface area contributed by atoms with E-state index in [9.17, 15) is 24.5 Å². The van der Waals surface area contributed by atoms with E-state index in [0.29, 0.717) is 16.9 Å². The lowest BCUT2D eigenvalue weighted by Crippen LogP contribution is -2.49. The van der Waals surface area contributed by atoms with Crippen molar-refractivity contribution in [2.24, 2.45) is 11.8 Å². The molecule has 2 amide bonds. The summed E-state index contributed by atoms with van der Waals surface area (Å²) >= 11 is 0. The summed E-state index contributed by atoms with van der Waals surface area (Å²) in [6.07, 6.45) is 3.78. The molecule has 3 aliphatic rings. The summed E-state index contributed by atoms with van der Waals surface area (Å²) in [6, 6.07) is 16.9. The predicted octanol–water partition coefficient (Wildman–Crippen LogP) is 4.18. The number of hydrogen-bond donors (Lipinski definition) is 0. The van der Waals surface area contributed by atoms with Gasteiger partial charge in [-0.15, -0.1) is 0 Å². The first-order valence-electron chi connectivity index (χ1n) is 12.2. The first kappa shape index (κ1) is 23.6. The maximum Gasteiger partial charge on any atom is 0.271 e. The molecule has 0 aromatic heterocycles. The lowest BCUT2D eigenvalue weighted by atomic mass is 9.86.